The number of pyridine rings is 1. The molecule has 1 N–H and O–H groups in total. The Hall–Kier alpha value is -2.17. The Bertz CT molecular complexity index is 661. The van der Waals surface area contributed by atoms with E-state index in [1.807, 2.05) is 29.8 Å². The van der Waals surface area contributed by atoms with Crippen molar-refractivity contribution in [3.8, 4) is 0 Å². The third-order valence-electron chi connectivity index (χ3n) is 4.07. The second-order valence-corrected chi connectivity index (χ2v) is 6.95. The highest BCUT2D eigenvalue weighted by molar-refractivity contribution is 5.95. The first-order valence-corrected chi connectivity index (χ1v) is 8.67. The van der Waals surface area contributed by atoms with Gasteiger partial charge < -0.3 is 5.32 Å². The first-order valence-electron chi connectivity index (χ1n) is 8.67. The number of nitrogens with zero attached hydrogens (tertiary/aromatic N) is 3. The van der Waals surface area contributed by atoms with Crippen LogP contribution < -0.4 is 5.32 Å². The van der Waals surface area contributed by atoms with Crippen molar-refractivity contribution in [3.05, 3.63) is 47.5 Å². The number of hydrogen-bond acceptors (Lipinski definition) is 3. The quantitative estimate of drug-likeness (QED) is 0.837. The summed E-state index contributed by atoms with van der Waals surface area (Å²) in [4.78, 5) is 17.0. The molecule has 0 aromatic carbocycles. The molecule has 0 aliphatic rings. The van der Waals surface area contributed by atoms with Crippen LogP contribution >= 0.6 is 0 Å². The van der Waals surface area contributed by atoms with Gasteiger partial charge in [-0.3, -0.25) is 14.5 Å². The van der Waals surface area contributed by atoms with Gasteiger partial charge in [-0.25, -0.2) is 0 Å². The summed E-state index contributed by atoms with van der Waals surface area (Å²) in [6, 6.07) is 5.57. The maximum Gasteiger partial charge on any atom is 0.255 e. The molecule has 1 atom stereocenters. The number of aromatic nitrogens is 3. The van der Waals surface area contributed by atoms with E-state index in [0.29, 0.717) is 11.5 Å². The summed E-state index contributed by atoms with van der Waals surface area (Å²) in [6.07, 6.45) is 4.48. The van der Waals surface area contributed by atoms with Gasteiger partial charge in [-0.2, -0.15) is 5.10 Å². The van der Waals surface area contributed by atoms with E-state index in [1.54, 1.807) is 12.4 Å². The minimum absolute atomic E-state index is 0.0901. The summed E-state index contributed by atoms with van der Waals surface area (Å²) >= 11 is 0. The fourth-order valence-electron chi connectivity index (χ4n) is 2.72. The van der Waals surface area contributed by atoms with E-state index in [4.69, 9.17) is 0 Å². The van der Waals surface area contributed by atoms with Crippen molar-refractivity contribution in [2.75, 3.05) is 0 Å². The summed E-state index contributed by atoms with van der Waals surface area (Å²) < 4.78 is 1.98. The van der Waals surface area contributed by atoms with Crippen molar-refractivity contribution >= 4 is 5.91 Å². The lowest BCUT2D eigenvalue weighted by Gasteiger charge is -2.16. The fraction of sp³-hybridized carbons (Fsp3) is 0.526. The van der Waals surface area contributed by atoms with Crippen molar-refractivity contribution < 1.29 is 4.79 Å². The molecule has 2 aromatic heterocycles. The predicted molar refractivity (Wildman–Crippen MR) is 95.9 cm³/mol. The molecule has 5 heteroatoms. The van der Waals surface area contributed by atoms with Crippen LogP contribution in [0.3, 0.4) is 0 Å². The molecule has 130 valence electrons. The van der Waals surface area contributed by atoms with Crippen molar-refractivity contribution in [2.24, 2.45) is 5.92 Å². The Labute approximate surface area is 144 Å². The summed E-state index contributed by atoms with van der Waals surface area (Å²) in [6.45, 7) is 11.4. The summed E-state index contributed by atoms with van der Waals surface area (Å²) in [7, 11) is 0. The molecule has 0 bridgehead atoms. The van der Waals surface area contributed by atoms with Gasteiger partial charge in [-0.1, -0.05) is 33.8 Å². The molecule has 2 rings (SSSR count). The highest BCUT2D eigenvalue weighted by atomic mass is 16.1. The summed E-state index contributed by atoms with van der Waals surface area (Å²) in [5, 5.41) is 7.48. The molecule has 0 saturated carbocycles. The van der Waals surface area contributed by atoms with Crippen LogP contribution in [0, 0.1) is 5.92 Å². The van der Waals surface area contributed by atoms with Crippen molar-refractivity contribution in [2.45, 2.75) is 59.5 Å². The van der Waals surface area contributed by atoms with Gasteiger partial charge in [-0.05, 0) is 37.3 Å². The minimum Gasteiger partial charge on any atom is -0.344 e. The molecule has 0 fully saturated rings. The smallest absolute Gasteiger partial charge is 0.255 e. The van der Waals surface area contributed by atoms with Gasteiger partial charge in [0.1, 0.15) is 0 Å². The SMILES string of the molecule is CC(C)CCn1ncc(C(=O)N[C@@H](C)c2ccccn2)c1C(C)C. The van der Waals surface area contributed by atoms with E-state index in [9.17, 15) is 4.79 Å². The maximum atomic E-state index is 12.7. The number of carbonyl (C=O) groups excluding carboxylic acids is 1. The molecule has 2 heterocycles. The van der Waals surface area contributed by atoms with Crippen LogP contribution in [0.1, 0.15) is 74.7 Å². The summed E-state index contributed by atoms with van der Waals surface area (Å²) in [5.74, 6) is 0.758. The van der Waals surface area contributed by atoms with Crippen molar-refractivity contribution in [3.63, 3.8) is 0 Å². The third-order valence-corrected chi connectivity index (χ3v) is 4.07. The zero-order chi connectivity index (χ0) is 17.7. The van der Waals surface area contributed by atoms with E-state index in [1.165, 1.54) is 0 Å². The lowest BCUT2D eigenvalue weighted by atomic mass is 10.0. The molecule has 5 nitrogen and oxygen atoms in total. The molecule has 0 aliphatic carbocycles. The Morgan fingerprint density at radius 2 is 1.96 bits per heavy atom. The topological polar surface area (TPSA) is 59.8 Å². The van der Waals surface area contributed by atoms with Gasteiger partial charge in [0.2, 0.25) is 0 Å². The van der Waals surface area contributed by atoms with Crippen LogP contribution in [0.15, 0.2) is 30.6 Å². The van der Waals surface area contributed by atoms with E-state index in [2.05, 4.69) is 43.1 Å². The average Bonchev–Trinajstić information content (AvgIpc) is 2.98. The lowest BCUT2D eigenvalue weighted by molar-refractivity contribution is 0.0937. The van der Waals surface area contributed by atoms with Gasteiger partial charge in [0.15, 0.2) is 0 Å². The zero-order valence-electron chi connectivity index (χ0n) is 15.3. The predicted octanol–water partition coefficient (Wildman–Crippen LogP) is 3.94. The third kappa shape index (κ3) is 4.43. The first kappa shape index (κ1) is 18.2. The number of amides is 1. The van der Waals surface area contributed by atoms with E-state index < -0.39 is 0 Å². The van der Waals surface area contributed by atoms with Crippen LogP contribution in [0.2, 0.25) is 0 Å². The van der Waals surface area contributed by atoms with Crippen molar-refractivity contribution in [1.29, 1.82) is 0 Å². The molecule has 0 radical (unpaired) electrons. The highest BCUT2D eigenvalue weighted by Crippen LogP contribution is 2.21. The second kappa shape index (κ2) is 8.08. The second-order valence-electron chi connectivity index (χ2n) is 6.95. The average molecular weight is 328 g/mol. The van der Waals surface area contributed by atoms with E-state index in [0.717, 1.165) is 24.4 Å². The number of aryl methyl sites for hydroxylation is 1. The molecular formula is C19H28N4O. The number of carbonyl (C=O) groups is 1. The first-order chi connectivity index (χ1) is 11.4. The Kier molecular flexibility index (Phi) is 6.12. The molecular weight excluding hydrogens is 300 g/mol. The summed E-state index contributed by atoms with van der Waals surface area (Å²) in [5.41, 5.74) is 2.52. The standard InChI is InChI=1S/C19H28N4O/c1-13(2)9-11-23-18(14(3)4)16(12-21-23)19(24)22-15(5)17-8-6-7-10-20-17/h6-8,10,12-15H,9,11H2,1-5H3,(H,22,24)/t15-/m0/s1. The molecule has 0 aliphatic heterocycles. The molecule has 0 unspecified atom stereocenters. The normalized spacial score (nSPS) is 12.6. The highest BCUT2D eigenvalue weighted by Gasteiger charge is 2.21. The Morgan fingerprint density at radius 3 is 2.54 bits per heavy atom. The van der Waals surface area contributed by atoms with Gasteiger partial charge >= 0.3 is 0 Å². The Morgan fingerprint density at radius 1 is 1.21 bits per heavy atom. The van der Waals surface area contributed by atoms with Crippen LogP contribution in [-0.2, 0) is 6.54 Å². The molecule has 0 spiro atoms. The van der Waals surface area contributed by atoms with Crippen LogP contribution in [0.4, 0.5) is 0 Å². The zero-order valence-corrected chi connectivity index (χ0v) is 15.3. The van der Waals surface area contributed by atoms with Gasteiger partial charge in [0.05, 0.1) is 29.2 Å². The minimum atomic E-state index is -0.141. The lowest BCUT2D eigenvalue weighted by Crippen LogP contribution is -2.28. The largest absolute Gasteiger partial charge is 0.344 e. The fourth-order valence-corrected chi connectivity index (χ4v) is 2.72. The van der Waals surface area contributed by atoms with Crippen LogP contribution in [0.25, 0.3) is 0 Å². The van der Waals surface area contributed by atoms with E-state index in [-0.39, 0.29) is 17.9 Å². The van der Waals surface area contributed by atoms with Crippen LogP contribution in [-0.4, -0.2) is 20.7 Å². The molecule has 0 saturated heterocycles. The van der Waals surface area contributed by atoms with E-state index >= 15 is 0 Å². The molecule has 2 aromatic rings. The Balaban J connectivity index is 2.16. The van der Waals surface area contributed by atoms with Gasteiger partial charge in [0, 0.05) is 12.7 Å². The van der Waals surface area contributed by atoms with Gasteiger partial charge in [-0.15, -0.1) is 0 Å². The molecule has 1 amide bonds. The molecule has 24 heavy (non-hydrogen) atoms. The maximum absolute atomic E-state index is 12.7. The number of rotatable bonds is 7. The number of nitrogens with one attached hydrogen (secondary N) is 1. The van der Waals surface area contributed by atoms with Crippen molar-refractivity contribution in [1.82, 2.24) is 20.1 Å². The van der Waals surface area contributed by atoms with Crippen LogP contribution in [0.5, 0.6) is 0 Å². The van der Waals surface area contributed by atoms with Gasteiger partial charge in [0.25, 0.3) is 5.91 Å². The monoisotopic (exact) mass is 328 g/mol. The number of hydrogen-bond donors (Lipinski definition) is 1.